The molecule has 1 aromatic rings. The Hall–Kier alpha value is -1.88. The van der Waals surface area contributed by atoms with Crippen LogP contribution in [0.3, 0.4) is 0 Å². The quantitative estimate of drug-likeness (QED) is 0.850. The number of halogens is 1. The molecule has 22 heavy (non-hydrogen) atoms. The molecule has 116 valence electrons. The summed E-state index contributed by atoms with van der Waals surface area (Å²) in [7, 11) is 0. The average Bonchev–Trinajstić information content (AvgIpc) is 2.71. The lowest BCUT2D eigenvalue weighted by molar-refractivity contribution is -0.122. The van der Waals surface area contributed by atoms with E-state index in [9.17, 15) is 14.4 Å². The molecule has 2 amide bonds. The van der Waals surface area contributed by atoms with Crippen LogP contribution in [0.5, 0.6) is 0 Å². The molecule has 1 saturated carbocycles. The second-order valence-electron chi connectivity index (χ2n) is 6.11. The van der Waals surface area contributed by atoms with E-state index >= 15 is 0 Å². The van der Waals surface area contributed by atoms with Gasteiger partial charge >= 0.3 is 5.97 Å². The minimum Gasteiger partial charge on any atom is -0.478 e. The number of carboxylic acid groups (broad SMARTS) is 1. The predicted octanol–water partition coefficient (Wildman–Crippen LogP) is 2.96. The molecule has 0 radical (unpaired) electrons. The maximum absolute atomic E-state index is 12.6. The van der Waals surface area contributed by atoms with E-state index in [4.69, 9.17) is 16.7 Å². The maximum Gasteiger partial charge on any atom is 0.337 e. The van der Waals surface area contributed by atoms with Gasteiger partial charge in [0.05, 0.1) is 28.1 Å². The van der Waals surface area contributed by atoms with Crippen molar-refractivity contribution in [2.45, 2.75) is 26.2 Å². The van der Waals surface area contributed by atoms with Gasteiger partial charge in [-0.3, -0.25) is 14.5 Å². The second kappa shape index (κ2) is 5.39. The lowest BCUT2D eigenvalue weighted by Crippen LogP contribution is -2.31. The molecule has 1 aliphatic heterocycles. The first kappa shape index (κ1) is 15.0. The van der Waals surface area contributed by atoms with Gasteiger partial charge < -0.3 is 5.11 Å². The number of carboxylic acids is 1. The SMILES string of the molecule is C[C@H]1CC[C@@H]2C(=O)N(c3ccc(Cl)c(C(=O)O)c3)C(=O)[C@@H]2C1. The molecule has 3 rings (SSSR count). The van der Waals surface area contributed by atoms with Crippen molar-refractivity contribution in [3.05, 3.63) is 28.8 Å². The molecule has 1 aromatic carbocycles. The number of imide groups is 1. The molecular formula is C16H16ClNO4. The fraction of sp³-hybridized carbons (Fsp3) is 0.438. The Balaban J connectivity index is 1.98. The van der Waals surface area contributed by atoms with Gasteiger partial charge in [-0.1, -0.05) is 18.5 Å². The highest BCUT2D eigenvalue weighted by molar-refractivity contribution is 6.34. The number of fused-ring (bicyclic) bond motifs is 1. The topological polar surface area (TPSA) is 74.7 Å². The summed E-state index contributed by atoms with van der Waals surface area (Å²) in [6.45, 7) is 2.08. The van der Waals surface area contributed by atoms with Crippen molar-refractivity contribution >= 4 is 35.1 Å². The van der Waals surface area contributed by atoms with Crippen molar-refractivity contribution in [2.24, 2.45) is 17.8 Å². The van der Waals surface area contributed by atoms with Crippen LogP contribution in [-0.2, 0) is 9.59 Å². The largest absolute Gasteiger partial charge is 0.478 e. The van der Waals surface area contributed by atoms with Gasteiger partial charge in [0, 0.05) is 0 Å². The third-order valence-electron chi connectivity index (χ3n) is 4.63. The maximum atomic E-state index is 12.6. The molecule has 2 aliphatic rings. The fourth-order valence-corrected chi connectivity index (χ4v) is 3.66. The second-order valence-corrected chi connectivity index (χ2v) is 6.52. The Kier molecular flexibility index (Phi) is 3.68. The summed E-state index contributed by atoms with van der Waals surface area (Å²) in [6, 6.07) is 4.22. The van der Waals surface area contributed by atoms with Crippen molar-refractivity contribution in [3.8, 4) is 0 Å². The van der Waals surface area contributed by atoms with Crippen molar-refractivity contribution in [3.63, 3.8) is 0 Å². The third kappa shape index (κ3) is 2.29. The van der Waals surface area contributed by atoms with Gasteiger partial charge in [-0.15, -0.1) is 0 Å². The van der Waals surface area contributed by atoms with Crippen LogP contribution < -0.4 is 4.90 Å². The third-order valence-corrected chi connectivity index (χ3v) is 4.96. The number of nitrogens with zero attached hydrogens (tertiary/aromatic N) is 1. The molecule has 1 heterocycles. The van der Waals surface area contributed by atoms with Crippen LogP contribution in [-0.4, -0.2) is 22.9 Å². The molecule has 0 bridgehead atoms. The zero-order chi connectivity index (χ0) is 16.0. The number of hydrogen-bond donors (Lipinski definition) is 1. The summed E-state index contributed by atoms with van der Waals surface area (Å²) >= 11 is 5.84. The van der Waals surface area contributed by atoms with E-state index in [-0.39, 0.29) is 34.2 Å². The van der Waals surface area contributed by atoms with Crippen LogP contribution in [0.15, 0.2) is 18.2 Å². The molecule has 1 N–H and O–H groups in total. The Morgan fingerprint density at radius 2 is 1.91 bits per heavy atom. The van der Waals surface area contributed by atoms with Crippen molar-refractivity contribution in [1.29, 1.82) is 0 Å². The van der Waals surface area contributed by atoms with Crippen molar-refractivity contribution < 1.29 is 19.5 Å². The zero-order valence-corrected chi connectivity index (χ0v) is 12.8. The first-order valence-corrected chi connectivity index (χ1v) is 7.68. The molecule has 1 aliphatic carbocycles. The molecule has 3 atom stereocenters. The summed E-state index contributed by atoms with van der Waals surface area (Å²) < 4.78 is 0. The first-order valence-electron chi connectivity index (χ1n) is 7.30. The van der Waals surface area contributed by atoms with Gasteiger partial charge in [0.25, 0.3) is 0 Å². The Bertz CT molecular complexity index is 672. The van der Waals surface area contributed by atoms with Crippen LogP contribution >= 0.6 is 11.6 Å². The first-order chi connectivity index (χ1) is 10.4. The van der Waals surface area contributed by atoms with Crippen LogP contribution in [0.2, 0.25) is 5.02 Å². The summed E-state index contributed by atoms with van der Waals surface area (Å²) in [5.74, 6) is -1.75. The van der Waals surface area contributed by atoms with Crippen molar-refractivity contribution in [1.82, 2.24) is 0 Å². The van der Waals surface area contributed by atoms with Crippen LogP contribution in [0, 0.1) is 17.8 Å². The smallest absolute Gasteiger partial charge is 0.337 e. The monoisotopic (exact) mass is 321 g/mol. The predicted molar refractivity (Wildman–Crippen MR) is 80.9 cm³/mol. The van der Waals surface area contributed by atoms with Crippen LogP contribution in [0.1, 0.15) is 36.5 Å². The summed E-state index contributed by atoms with van der Waals surface area (Å²) in [5, 5.41) is 9.22. The number of benzene rings is 1. The number of rotatable bonds is 2. The number of aromatic carboxylic acids is 1. The molecule has 5 nitrogen and oxygen atoms in total. The highest BCUT2D eigenvalue weighted by Gasteiger charge is 2.50. The van der Waals surface area contributed by atoms with Gasteiger partial charge in [0.15, 0.2) is 0 Å². The normalized spacial score (nSPS) is 27.9. The van der Waals surface area contributed by atoms with Crippen LogP contribution in [0.4, 0.5) is 5.69 Å². The van der Waals surface area contributed by atoms with E-state index in [0.29, 0.717) is 24.4 Å². The number of hydrogen-bond acceptors (Lipinski definition) is 3. The van der Waals surface area contributed by atoms with E-state index in [2.05, 4.69) is 6.92 Å². The average molecular weight is 322 g/mol. The highest BCUT2D eigenvalue weighted by Crippen LogP contribution is 2.42. The molecule has 1 saturated heterocycles. The van der Waals surface area contributed by atoms with Gasteiger partial charge in [-0.25, -0.2) is 4.79 Å². The molecule has 6 heteroatoms. The molecule has 0 aromatic heterocycles. The Morgan fingerprint density at radius 3 is 2.59 bits per heavy atom. The number of carbonyl (C=O) groups excluding carboxylic acids is 2. The fourth-order valence-electron chi connectivity index (χ4n) is 3.46. The minimum absolute atomic E-state index is 0.0846. The van der Waals surface area contributed by atoms with E-state index in [1.807, 2.05) is 0 Å². The van der Waals surface area contributed by atoms with Gasteiger partial charge in [0.2, 0.25) is 11.8 Å². The highest BCUT2D eigenvalue weighted by atomic mass is 35.5. The van der Waals surface area contributed by atoms with E-state index < -0.39 is 5.97 Å². The minimum atomic E-state index is -1.18. The Morgan fingerprint density at radius 1 is 1.23 bits per heavy atom. The lowest BCUT2D eigenvalue weighted by atomic mass is 9.76. The zero-order valence-electron chi connectivity index (χ0n) is 12.1. The summed E-state index contributed by atoms with van der Waals surface area (Å²) in [4.78, 5) is 37.4. The lowest BCUT2D eigenvalue weighted by Gasteiger charge is -2.25. The van der Waals surface area contributed by atoms with Gasteiger partial charge in [-0.2, -0.15) is 0 Å². The Labute approximate surface area is 132 Å². The molecule has 2 fully saturated rings. The van der Waals surface area contributed by atoms with E-state index in [1.54, 1.807) is 0 Å². The summed E-state index contributed by atoms with van der Waals surface area (Å²) in [6.07, 6.45) is 2.37. The van der Waals surface area contributed by atoms with E-state index in [0.717, 1.165) is 11.3 Å². The molecular weight excluding hydrogens is 306 g/mol. The number of amides is 2. The molecule has 0 unspecified atom stereocenters. The van der Waals surface area contributed by atoms with Crippen LogP contribution in [0.25, 0.3) is 0 Å². The standard InChI is InChI=1S/C16H16ClNO4/c1-8-2-4-10-11(6-8)15(20)18(14(10)19)9-3-5-13(17)12(7-9)16(21)22/h3,5,7-8,10-11H,2,4,6H2,1H3,(H,21,22)/t8-,10-,11+/m0/s1. The van der Waals surface area contributed by atoms with Crippen molar-refractivity contribution in [2.75, 3.05) is 4.90 Å². The van der Waals surface area contributed by atoms with E-state index in [1.165, 1.54) is 18.2 Å². The summed E-state index contributed by atoms with van der Waals surface area (Å²) in [5.41, 5.74) is 0.182. The molecule has 0 spiro atoms. The van der Waals surface area contributed by atoms with Gasteiger partial charge in [-0.05, 0) is 43.4 Å². The van der Waals surface area contributed by atoms with Gasteiger partial charge in [0.1, 0.15) is 0 Å². The number of anilines is 1. The number of carbonyl (C=O) groups is 3.